The summed E-state index contributed by atoms with van der Waals surface area (Å²) in [4.78, 5) is 23.5. The van der Waals surface area contributed by atoms with Crippen LogP contribution >= 0.6 is 0 Å². The first-order valence-corrected chi connectivity index (χ1v) is 5.58. The summed E-state index contributed by atoms with van der Waals surface area (Å²) in [6.07, 6.45) is -0.146. The number of nitro benzene ring substituents is 1. The summed E-state index contributed by atoms with van der Waals surface area (Å²) in [5, 5.41) is 23.0. The van der Waals surface area contributed by atoms with Crippen LogP contribution in [0.15, 0.2) is 23.3 Å². The summed E-state index contributed by atoms with van der Waals surface area (Å²) in [5.74, 6) is -0.956. The molecule has 0 heterocycles. The largest absolute Gasteiger partial charge is 0.490 e. The zero-order valence-corrected chi connectivity index (χ0v) is 10.6. The molecule has 0 radical (unpaired) electrons. The molecule has 0 aromatic heterocycles. The van der Waals surface area contributed by atoms with Gasteiger partial charge >= 0.3 is 11.7 Å². The van der Waals surface area contributed by atoms with Crippen LogP contribution in [0.2, 0.25) is 0 Å². The van der Waals surface area contributed by atoms with Gasteiger partial charge in [0.05, 0.1) is 18.1 Å². The van der Waals surface area contributed by atoms with Gasteiger partial charge in [-0.3, -0.25) is 14.9 Å². The average molecular weight is 280 g/mol. The zero-order valence-electron chi connectivity index (χ0n) is 10.6. The number of nitro groups is 1. The lowest BCUT2D eigenvalue weighted by molar-refractivity contribution is -0.385. The van der Waals surface area contributed by atoms with Gasteiger partial charge in [0.25, 0.3) is 0 Å². The molecule has 0 aliphatic rings. The Kier molecular flexibility index (Phi) is 5.31. The molecule has 9 nitrogen and oxygen atoms in total. The van der Waals surface area contributed by atoms with Gasteiger partial charge in [-0.05, 0) is 23.6 Å². The van der Waals surface area contributed by atoms with Crippen LogP contribution in [-0.4, -0.2) is 23.1 Å². The van der Waals surface area contributed by atoms with Crippen LogP contribution in [-0.2, 0) is 4.79 Å². The standard InChI is InChI=1S/C11H12N4O5/c1-20-10-4-2-7(6-9(10)15(18)19)8(13-14-12)3-5-11(16)17/h2,4,6,8H,3,5H2,1H3,(H,16,17). The Morgan fingerprint density at radius 2 is 2.35 bits per heavy atom. The summed E-state index contributed by atoms with van der Waals surface area (Å²) < 4.78 is 4.86. The van der Waals surface area contributed by atoms with Gasteiger partial charge in [-0.2, -0.15) is 0 Å². The van der Waals surface area contributed by atoms with Crippen LogP contribution in [0.5, 0.6) is 5.75 Å². The van der Waals surface area contributed by atoms with Gasteiger partial charge < -0.3 is 9.84 Å². The molecule has 0 saturated heterocycles. The highest BCUT2D eigenvalue weighted by atomic mass is 16.6. The maximum absolute atomic E-state index is 10.9. The van der Waals surface area contributed by atoms with Crippen molar-refractivity contribution in [2.45, 2.75) is 18.9 Å². The average Bonchev–Trinajstić information content (AvgIpc) is 2.42. The molecule has 0 saturated carbocycles. The molecule has 106 valence electrons. The number of carboxylic acid groups (broad SMARTS) is 1. The van der Waals surface area contributed by atoms with Crippen LogP contribution in [0.1, 0.15) is 24.4 Å². The van der Waals surface area contributed by atoms with Crippen LogP contribution in [0, 0.1) is 10.1 Å². The molecule has 0 aliphatic heterocycles. The molecule has 0 bridgehead atoms. The van der Waals surface area contributed by atoms with Gasteiger partial charge in [0, 0.05) is 17.4 Å². The number of carbonyl (C=O) groups is 1. The van der Waals surface area contributed by atoms with Gasteiger partial charge in [0.15, 0.2) is 5.75 Å². The fourth-order valence-corrected chi connectivity index (χ4v) is 1.67. The first-order chi connectivity index (χ1) is 9.49. The molecule has 0 amide bonds. The van der Waals surface area contributed by atoms with Crippen LogP contribution in [0.4, 0.5) is 5.69 Å². The number of carboxylic acids is 1. The van der Waals surface area contributed by atoms with E-state index in [-0.39, 0.29) is 24.3 Å². The maximum atomic E-state index is 10.9. The minimum Gasteiger partial charge on any atom is -0.490 e. The maximum Gasteiger partial charge on any atom is 0.311 e. The molecular weight excluding hydrogens is 268 g/mol. The van der Waals surface area contributed by atoms with E-state index >= 15 is 0 Å². The third-order valence-corrected chi connectivity index (χ3v) is 2.61. The van der Waals surface area contributed by atoms with E-state index in [4.69, 9.17) is 15.4 Å². The normalized spacial score (nSPS) is 11.2. The van der Waals surface area contributed by atoms with E-state index < -0.39 is 16.9 Å². The van der Waals surface area contributed by atoms with Gasteiger partial charge in [0.1, 0.15) is 0 Å². The lowest BCUT2D eigenvalue weighted by atomic mass is 10.0. The van der Waals surface area contributed by atoms with Gasteiger partial charge in [-0.25, -0.2) is 0 Å². The van der Waals surface area contributed by atoms with E-state index in [1.54, 1.807) is 0 Å². The monoisotopic (exact) mass is 280 g/mol. The van der Waals surface area contributed by atoms with Crippen molar-refractivity contribution in [2.75, 3.05) is 7.11 Å². The predicted molar refractivity (Wildman–Crippen MR) is 68.4 cm³/mol. The first-order valence-electron chi connectivity index (χ1n) is 5.58. The molecule has 20 heavy (non-hydrogen) atoms. The summed E-state index contributed by atoms with van der Waals surface area (Å²) in [6.45, 7) is 0. The Labute approximate surface area is 113 Å². The van der Waals surface area contributed by atoms with Gasteiger partial charge in [-0.1, -0.05) is 11.2 Å². The lowest BCUT2D eigenvalue weighted by Gasteiger charge is -2.11. The summed E-state index contributed by atoms with van der Waals surface area (Å²) in [5.41, 5.74) is 8.60. The highest BCUT2D eigenvalue weighted by Crippen LogP contribution is 2.32. The van der Waals surface area contributed by atoms with E-state index in [0.29, 0.717) is 5.56 Å². The summed E-state index contributed by atoms with van der Waals surface area (Å²) in [7, 11) is 1.30. The quantitative estimate of drug-likeness (QED) is 0.269. The van der Waals surface area contributed by atoms with Crippen molar-refractivity contribution in [3.8, 4) is 5.75 Å². The zero-order chi connectivity index (χ0) is 15.1. The molecular formula is C11H12N4O5. The topological polar surface area (TPSA) is 138 Å². The molecule has 9 heteroatoms. The van der Waals surface area contributed by atoms with Crippen molar-refractivity contribution in [3.05, 3.63) is 44.3 Å². The second-order valence-corrected chi connectivity index (χ2v) is 3.84. The summed E-state index contributed by atoms with van der Waals surface area (Å²) in [6, 6.07) is 3.34. The van der Waals surface area contributed by atoms with Crippen molar-refractivity contribution in [3.63, 3.8) is 0 Å². The third kappa shape index (κ3) is 3.85. The number of benzene rings is 1. The fourth-order valence-electron chi connectivity index (χ4n) is 1.67. The first kappa shape index (κ1) is 15.3. The van der Waals surface area contributed by atoms with E-state index in [0.717, 1.165) is 0 Å². The Balaban J connectivity index is 3.13. The van der Waals surface area contributed by atoms with Crippen LogP contribution < -0.4 is 4.74 Å². The number of aliphatic carboxylic acids is 1. The molecule has 1 aromatic carbocycles. The Bertz CT molecular complexity index is 568. The van der Waals surface area contributed by atoms with Crippen LogP contribution in [0.25, 0.3) is 10.4 Å². The van der Waals surface area contributed by atoms with Crippen molar-refractivity contribution < 1.29 is 19.6 Å². The van der Waals surface area contributed by atoms with Crippen molar-refractivity contribution >= 4 is 11.7 Å². The van der Waals surface area contributed by atoms with Crippen LogP contribution in [0.3, 0.4) is 0 Å². The van der Waals surface area contributed by atoms with E-state index in [2.05, 4.69) is 10.0 Å². The third-order valence-electron chi connectivity index (χ3n) is 2.61. The summed E-state index contributed by atoms with van der Waals surface area (Å²) >= 11 is 0. The SMILES string of the molecule is COc1ccc(C(CCC(=O)O)N=[N+]=[N-])cc1[N+](=O)[O-]. The van der Waals surface area contributed by atoms with Gasteiger partial charge in [-0.15, -0.1) is 0 Å². The molecule has 1 rings (SSSR count). The smallest absolute Gasteiger partial charge is 0.311 e. The molecule has 1 aromatic rings. The number of methoxy groups -OCH3 is 1. The molecule has 1 N–H and O–H groups in total. The number of rotatable bonds is 7. The van der Waals surface area contributed by atoms with Gasteiger partial charge in [0.2, 0.25) is 0 Å². The second-order valence-electron chi connectivity index (χ2n) is 3.84. The second kappa shape index (κ2) is 6.95. The van der Waals surface area contributed by atoms with Crippen molar-refractivity contribution in [2.24, 2.45) is 5.11 Å². The van der Waals surface area contributed by atoms with E-state index in [1.807, 2.05) is 0 Å². The predicted octanol–water partition coefficient (Wildman–Crippen LogP) is 2.82. The molecule has 0 spiro atoms. The number of ether oxygens (including phenoxy) is 1. The minimum atomic E-state index is -1.04. The molecule has 1 unspecified atom stereocenters. The molecule has 0 fully saturated rings. The fraction of sp³-hybridized carbons (Fsp3) is 0.364. The van der Waals surface area contributed by atoms with Crippen molar-refractivity contribution in [1.29, 1.82) is 0 Å². The number of azide groups is 1. The number of hydrogen-bond acceptors (Lipinski definition) is 5. The molecule has 1 atom stereocenters. The number of nitrogens with zero attached hydrogens (tertiary/aromatic N) is 4. The highest BCUT2D eigenvalue weighted by molar-refractivity contribution is 5.66. The Hall–Kier alpha value is -2.80. The number of hydrogen-bond donors (Lipinski definition) is 1. The Morgan fingerprint density at radius 3 is 2.85 bits per heavy atom. The minimum absolute atomic E-state index is 0.0584. The van der Waals surface area contributed by atoms with Crippen molar-refractivity contribution in [1.82, 2.24) is 0 Å². The Morgan fingerprint density at radius 1 is 1.65 bits per heavy atom. The van der Waals surface area contributed by atoms with E-state index in [1.165, 1.54) is 25.3 Å². The lowest BCUT2D eigenvalue weighted by Crippen LogP contribution is -2.02. The highest BCUT2D eigenvalue weighted by Gasteiger charge is 2.19. The molecule has 0 aliphatic carbocycles. The van der Waals surface area contributed by atoms with E-state index in [9.17, 15) is 14.9 Å².